The fraction of sp³-hybridized carbons (Fsp3) is 0.333. The highest BCUT2D eigenvalue weighted by molar-refractivity contribution is 6.33. The average Bonchev–Trinajstić information content (AvgIpc) is 2.73. The summed E-state index contributed by atoms with van der Waals surface area (Å²) in [5.41, 5.74) is 8.51. The molecule has 0 spiro atoms. The maximum absolute atomic E-state index is 6.01. The summed E-state index contributed by atoms with van der Waals surface area (Å²) >= 11 is 6.01. The second kappa shape index (κ2) is 5.73. The van der Waals surface area contributed by atoms with Crippen LogP contribution in [-0.4, -0.2) is 21.7 Å². The first-order valence-electron chi connectivity index (χ1n) is 5.80. The molecule has 96 valence electrons. The molecular weight excluding hydrogens is 250 g/mol. The SMILES string of the molecule is Cc1[nH]ncc1CCCNc1ncc(N)cc1Cl. The maximum atomic E-state index is 6.01. The first-order valence-corrected chi connectivity index (χ1v) is 6.18. The van der Waals surface area contributed by atoms with Crippen molar-refractivity contribution in [3.05, 3.63) is 34.7 Å². The van der Waals surface area contributed by atoms with E-state index in [1.165, 1.54) is 5.56 Å². The molecule has 0 unspecified atom stereocenters. The van der Waals surface area contributed by atoms with Crippen LogP contribution >= 0.6 is 11.6 Å². The molecule has 0 aliphatic rings. The molecule has 2 heterocycles. The van der Waals surface area contributed by atoms with Crippen LogP contribution in [0.15, 0.2) is 18.5 Å². The normalized spacial score (nSPS) is 10.6. The molecular formula is C12H16ClN5. The molecule has 0 amide bonds. The number of nitrogen functional groups attached to an aromatic ring is 1. The van der Waals surface area contributed by atoms with Gasteiger partial charge in [-0.3, -0.25) is 5.10 Å². The largest absolute Gasteiger partial charge is 0.397 e. The zero-order valence-electron chi connectivity index (χ0n) is 10.2. The third-order valence-corrected chi connectivity index (χ3v) is 3.00. The van der Waals surface area contributed by atoms with Crippen molar-refractivity contribution < 1.29 is 0 Å². The highest BCUT2D eigenvalue weighted by atomic mass is 35.5. The van der Waals surface area contributed by atoms with E-state index in [1.807, 2.05) is 13.1 Å². The highest BCUT2D eigenvalue weighted by Gasteiger charge is 2.03. The number of hydrogen-bond donors (Lipinski definition) is 3. The van der Waals surface area contributed by atoms with Gasteiger partial charge in [0.25, 0.3) is 0 Å². The van der Waals surface area contributed by atoms with Gasteiger partial charge in [0.05, 0.1) is 23.1 Å². The van der Waals surface area contributed by atoms with Crippen LogP contribution in [0.1, 0.15) is 17.7 Å². The Kier molecular flexibility index (Phi) is 4.04. The summed E-state index contributed by atoms with van der Waals surface area (Å²) in [6.07, 6.45) is 5.42. The lowest BCUT2D eigenvalue weighted by atomic mass is 10.1. The Morgan fingerprint density at radius 2 is 2.28 bits per heavy atom. The minimum atomic E-state index is 0.550. The summed E-state index contributed by atoms with van der Waals surface area (Å²) in [6, 6.07) is 1.69. The van der Waals surface area contributed by atoms with Crippen LogP contribution in [0, 0.1) is 6.92 Å². The summed E-state index contributed by atoms with van der Waals surface area (Å²) in [6.45, 7) is 2.83. The van der Waals surface area contributed by atoms with Crippen molar-refractivity contribution in [2.75, 3.05) is 17.6 Å². The molecule has 5 nitrogen and oxygen atoms in total. The minimum Gasteiger partial charge on any atom is -0.397 e. The second-order valence-corrected chi connectivity index (χ2v) is 4.56. The van der Waals surface area contributed by atoms with Gasteiger partial charge in [-0.05, 0) is 31.4 Å². The van der Waals surface area contributed by atoms with E-state index in [-0.39, 0.29) is 0 Å². The molecule has 0 aromatic carbocycles. The van der Waals surface area contributed by atoms with E-state index in [4.69, 9.17) is 17.3 Å². The number of aromatic amines is 1. The van der Waals surface area contributed by atoms with E-state index in [9.17, 15) is 0 Å². The van der Waals surface area contributed by atoms with Crippen LogP contribution in [0.3, 0.4) is 0 Å². The Morgan fingerprint density at radius 1 is 1.44 bits per heavy atom. The van der Waals surface area contributed by atoms with Crippen molar-refractivity contribution in [3.8, 4) is 0 Å². The molecule has 2 rings (SSSR count). The molecule has 0 aliphatic heterocycles. The number of aromatic nitrogens is 3. The fourth-order valence-corrected chi connectivity index (χ4v) is 1.94. The van der Waals surface area contributed by atoms with Crippen molar-refractivity contribution in [2.24, 2.45) is 0 Å². The zero-order chi connectivity index (χ0) is 13.0. The van der Waals surface area contributed by atoms with Gasteiger partial charge in [-0.2, -0.15) is 5.10 Å². The second-order valence-electron chi connectivity index (χ2n) is 4.15. The van der Waals surface area contributed by atoms with Crippen molar-refractivity contribution in [1.82, 2.24) is 15.2 Å². The molecule has 0 radical (unpaired) electrons. The molecule has 0 atom stereocenters. The van der Waals surface area contributed by atoms with Gasteiger partial charge in [-0.25, -0.2) is 4.98 Å². The van der Waals surface area contributed by atoms with Gasteiger partial charge in [0.15, 0.2) is 0 Å². The molecule has 0 saturated carbocycles. The maximum Gasteiger partial charge on any atom is 0.144 e. The lowest BCUT2D eigenvalue weighted by Gasteiger charge is -2.07. The molecule has 0 fully saturated rings. The number of rotatable bonds is 5. The predicted molar refractivity (Wildman–Crippen MR) is 73.8 cm³/mol. The van der Waals surface area contributed by atoms with E-state index in [2.05, 4.69) is 20.5 Å². The first kappa shape index (κ1) is 12.7. The topological polar surface area (TPSA) is 79.6 Å². The molecule has 0 aliphatic carbocycles. The summed E-state index contributed by atoms with van der Waals surface area (Å²) < 4.78 is 0. The third-order valence-electron chi connectivity index (χ3n) is 2.71. The van der Waals surface area contributed by atoms with Crippen molar-refractivity contribution >= 4 is 23.1 Å². The smallest absolute Gasteiger partial charge is 0.144 e. The van der Waals surface area contributed by atoms with E-state index in [0.29, 0.717) is 16.5 Å². The fourth-order valence-electron chi connectivity index (χ4n) is 1.70. The van der Waals surface area contributed by atoms with Crippen molar-refractivity contribution in [3.63, 3.8) is 0 Å². The summed E-state index contributed by atoms with van der Waals surface area (Å²) in [7, 11) is 0. The number of nitrogens with one attached hydrogen (secondary N) is 2. The number of H-pyrrole nitrogens is 1. The lowest BCUT2D eigenvalue weighted by Crippen LogP contribution is -2.05. The molecule has 6 heteroatoms. The number of nitrogens with two attached hydrogens (primary N) is 1. The standard InChI is InChI=1S/C12H16ClN5/c1-8-9(6-17-18-8)3-2-4-15-12-11(13)5-10(14)7-16-12/h5-7H,2-4,14H2,1H3,(H,15,16)(H,17,18). The molecule has 2 aromatic rings. The Balaban J connectivity index is 1.80. The quantitative estimate of drug-likeness (QED) is 0.725. The van der Waals surface area contributed by atoms with E-state index < -0.39 is 0 Å². The number of nitrogens with zero attached hydrogens (tertiary/aromatic N) is 2. The molecule has 4 N–H and O–H groups in total. The number of anilines is 2. The lowest BCUT2D eigenvalue weighted by molar-refractivity contribution is 0.853. The Labute approximate surface area is 111 Å². The van der Waals surface area contributed by atoms with Crippen molar-refractivity contribution in [2.45, 2.75) is 19.8 Å². The van der Waals surface area contributed by atoms with Crippen LogP contribution in [0.5, 0.6) is 0 Å². The van der Waals surface area contributed by atoms with E-state index in [1.54, 1.807) is 12.3 Å². The number of hydrogen-bond acceptors (Lipinski definition) is 4. The first-order chi connectivity index (χ1) is 8.66. The van der Waals surface area contributed by atoms with Crippen LogP contribution in [0.2, 0.25) is 5.02 Å². The molecule has 18 heavy (non-hydrogen) atoms. The number of pyridine rings is 1. The summed E-state index contributed by atoms with van der Waals surface area (Å²) in [5.74, 6) is 0.676. The molecule has 2 aromatic heterocycles. The Bertz CT molecular complexity index is 523. The van der Waals surface area contributed by atoms with Gasteiger partial charge < -0.3 is 11.1 Å². The molecule has 0 saturated heterocycles. The Hall–Kier alpha value is -1.75. The van der Waals surface area contributed by atoms with E-state index >= 15 is 0 Å². The van der Waals surface area contributed by atoms with Crippen LogP contribution < -0.4 is 11.1 Å². The highest BCUT2D eigenvalue weighted by Crippen LogP contribution is 2.20. The third kappa shape index (κ3) is 3.13. The zero-order valence-corrected chi connectivity index (χ0v) is 11.0. The number of aryl methyl sites for hydroxylation is 2. The van der Waals surface area contributed by atoms with Gasteiger partial charge >= 0.3 is 0 Å². The van der Waals surface area contributed by atoms with Crippen LogP contribution in [0.25, 0.3) is 0 Å². The molecule has 0 bridgehead atoms. The summed E-state index contributed by atoms with van der Waals surface area (Å²) in [5, 5.41) is 10.7. The van der Waals surface area contributed by atoms with Gasteiger partial charge in [-0.1, -0.05) is 11.6 Å². The van der Waals surface area contributed by atoms with Gasteiger partial charge in [0.2, 0.25) is 0 Å². The number of halogens is 1. The van der Waals surface area contributed by atoms with Gasteiger partial charge in [0.1, 0.15) is 5.82 Å². The van der Waals surface area contributed by atoms with Gasteiger partial charge in [0, 0.05) is 12.2 Å². The minimum absolute atomic E-state index is 0.550. The summed E-state index contributed by atoms with van der Waals surface area (Å²) in [4.78, 5) is 4.14. The average molecular weight is 266 g/mol. The van der Waals surface area contributed by atoms with Gasteiger partial charge in [-0.15, -0.1) is 0 Å². The predicted octanol–water partition coefficient (Wildman–Crippen LogP) is 2.39. The monoisotopic (exact) mass is 265 g/mol. The van der Waals surface area contributed by atoms with E-state index in [0.717, 1.165) is 25.1 Å². The Morgan fingerprint density at radius 3 is 2.94 bits per heavy atom. The van der Waals surface area contributed by atoms with Crippen LogP contribution in [0.4, 0.5) is 11.5 Å². The van der Waals surface area contributed by atoms with Crippen molar-refractivity contribution in [1.29, 1.82) is 0 Å². The van der Waals surface area contributed by atoms with Crippen LogP contribution in [-0.2, 0) is 6.42 Å².